The highest BCUT2D eigenvalue weighted by Gasteiger charge is 2.47. The molecule has 4 rings (SSSR count). The molecule has 0 aromatic carbocycles. The Balaban J connectivity index is 1.57. The zero-order valence-corrected chi connectivity index (χ0v) is 17.2. The summed E-state index contributed by atoms with van der Waals surface area (Å²) in [5.41, 5.74) is 1.21. The predicted molar refractivity (Wildman–Crippen MR) is 103 cm³/mol. The van der Waals surface area contributed by atoms with Crippen molar-refractivity contribution in [2.75, 3.05) is 18.4 Å². The summed E-state index contributed by atoms with van der Waals surface area (Å²) in [4.78, 5) is 14.4. The lowest BCUT2D eigenvalue weighted by Crippen LogP contribution is -2.41. The number of aromatic nitrogens is 3. The molecule has 2 aliphatic heterocycles. The first-order chi connectivity index (χ1) is 14.1. The normalized spacial score (nSPS) is 24.6. The molecule has 4 heterocycles. The van der Waals surface area contributed by atoms with Crippen LogP contribution in [0.5, 0.6) is 0 Å². The molecule has 0 radical (unpaired) electrons. The fraction of sp³-hybridized carbons (Fsp3) is 0.650. The Kier molecular flexibility index (Phi) is 5.27. The van der Waals surface area contributed by atoms with E-state index in [1.165, 1.54) is 0 Å². The van der Waals surface area contributed by atoms with Gasteiger partial charge in [-0.25, -0.2) is 4.68 Å². The first-order valence-electron chi connectivity index (χ1n) is 10.3. The van der Waals surface area contributed by atoms with Crippen LogP contribution in [0.25, 0.3) is 0 Å². The highest BCUT2D eigenvalue weighted by atomic mass is 19.4. The van der Waals surface area contributed by atoms with E-state index in [9.17, 15) is 18.0 Å². The Bertz CT molecular complexity index is 920. The number of halogens is 3. The van der Waals surface area contributed by atoms with Crippen molar-refractivity contribution in [3.05, 3.63) is 29.3 Å². The largest absolute Gasteiger partial charge is 0.410 e. The predicted octanol–water partition coefficient (Wildman–Crippen LogP) is 4.14. The Morgan fingerprint density at radius 2 is 2.10 bits per heavy atom. The van der Waals surface area contributed by atoms with E-state index in [0.29, 0.717) is 30.3 Å². The Morgan fingerprint density at radius 1 is 1.33 bits per heavy atom. The molecule has 1 N–H and O–H groups in total. The number of rotatable bonds is 3. The maximum atomic E-state index is 13.7. The number of aryl methyl sites for hydroxylation is 1. The smallest absolute Gasteiger partial charge is 0.367 e. The third kappa shape index (κ3) is 3.91. The van der Waals surface area contributed by atoms with Gasteiger partial charge in [0.1, 0.15) is 5.82 Å². The van der Waals surface area contributed by atoms with Crippen molar-refractivity contribution in [2.45, 2.75) is 64.2 Å². The minimum absolute atomic E-state index is 0.0462. The number of likely N-dealkylation sites (tertiary alicyclic amines) is 1. The molecule has 2 aliphatic rings. The van der Waals surface area contributed by atoms with Gasteiger partial charge >= 0.3 is 6.18 Å². The highest BCUT2D eigenvalue weighted by Crippen LogP contribution is 2.42. The van der Waals surface area contributed by atoms with Crippen LogP contribution < -0.4 is 5.32 Å². The number of hydrogen-bond acceptors (Lipinski definition) is 5. The highest BCUT2D eigenvalue weighted by molar-refractivity contribution is 5.91. The number of anilines is 1. The number of carbonyl (C=O) groups is 1. The van der Waals surface area contributed by atoms with Crippen LogP contribution in [0, 0.1) is 12.8 Å². The van der Waals surface area contributed by atoms with Gasteiger partial charge in [-0.1, -0.05) is 19.0 Å². The quantitative estimate of drug-likeness (QED) is 0.800. The minimum atomic E-state index is -4.37. The number of nitrogens with one attached hydrogen (secondary N) is 1. The molecule has 0 aliphatic carbocycles. The molecule has 1 amide bonds. The van der Waals surface area contributed by atoms with Gasteiger partial charge in [0.25, 0.3) is 5.91 Å². The second-order valence-electron chi connectivity index (χ2n) is 8.61. The summed E-state index contributed by atoms with van der Waals surface area (Å²) in [6, 6.07) is 1.39. The van der Waals surface area contributed by atoms with E-state index in [1.54, 1.807) is 24.0 Å². The second kappa shape index (κ2) is 7.63. The van der Waals surface area contributed by atoms with Gasteiger partial charge < -0.3 is 14.7 Å². The van der Waals surface area contributed by atoms with E-state index < -0.39 is 12.2 Å². The molecule has 30 heavy (non-hydrogen) atoms. The van der Waals surface area contributed by atoms with Crippen LogP contribution in [-0.4, -0.2) is 51.1 Å². The number of alkyl halides is 3. The topological polar surface area (TPSA) is 76.2 Å². The summed E-state index contributed by atoms with van der Waals surface area (Å²) in [5, 5.41) is 11.3. The summed E-state index contributed by atoms with van der Waals surface area (Å²) in [6.45, 7) is 6.52. The van der Waals surface area contributed by atoms with Gasteiger partial charge in [-0.3, -0.25) is 4.79 Å². The van der Waals surface area contributed by atoms with Crippen molar-refractivity contribution in [3.63, 3.8) is 0 Å². The number of amides is 1. The summed E-state index contributed by atoms with van der Waals surface area (Å²) in [7, 11) is 0. The molecule has 2 aromatic rings. The number of piperidine rings is 1. The molecule has 1 saturated heterocycles. The van der Waals surface area contributed by atoms with Gasteiger partial charge in [0, 0.05) is 37.2 Å². The molecule has 0 unspecified atom stereocenters. The molecule has 0 spiro atoms. The zero-order valence-electron chi connectivity index (χ0n) is 17.2. The van der Waals surface area contributed by atoms with Crippen LogP contribution in [0.15, 0.2) is 16.7 Å². The molecule has 0 saturated carbocycles. The zero-order chi connectivity index (χ0) is 21.6. The monoisotopic (exact) mass is 425 g/mol. The lowest BCUT2D eigenvalue weighted by molar-refractivity contribution is -0.174. The third-order valence-electron chi connectivity index (χ3n) is 6.01. The Hall–Kier alpha value is -2.52. The lowest BCUT2D eigenvalue weighted by Gasteiger charge is -2.35. The van der Waals surface area contributed by atoms with Gasteiger partial charge in [0.2, 0.25) is 5.76 Å². The molecule has 7 nitrogen and oxygen atoms in total. The fourth-order valence-electron chi connectivity index (χ4n) is 4.28. The summed E-state index contributed by atoms with van der Waals surface area (Å²) < 4.78 is 47.3. The van der Waals surface area contributed by atoms with Gasteiger partial charge in [0.05, 0.1) is 11.4 Å². The van der Waals surface area contributed by atoms with Crippen LogP contribution in [0.2, 0.25) is 0 Å². The molecule has 10 heteroatoms. The molecule has 164 valence electrons. The van der Waals surface area contributed by atoms with E-state index in [4.69, 9.17) is 4.52 Å². The average Bonchev–Trinajstić information content (AvgIpc) is 3.32. The molecule has 3 atom stereocenters. The second-order valence-corrected chi connectivity index (χ2v) is 8.61. The number of nitrogens with zero attached hydrogens (tertiary/aromatic N) is 4. The van der Waals surface area contributed by atoms with Gasteiger partial charge in [-0.2, -0.15) is 18.3 Å². The van der Waals surface area contributed by atoms with Crippen LogP contribution in [0.3, 0.4) is 0 Å². The van der Waals surface area contributed by atoms with Gasteiger partial charge in [-0.05, 0) is 32.1 Å². The van der Waals surface area contributed by atoms with Crippen molar-refractivity contribution in [1.82, 2.24) is 19.8 Å². The number of carbonyl (C=O) groups excluding carboxylic acids is 1. The van der Waals surface area contributed by atoms with Crippen molar-refractivity contribution in [1.29, 1.82) is 0 Å². The molecule has 1 fully saturated rings. The van der Waals surface area contributed by atoms with E-state index in [1.807, 2.05) is 13.8 Å². The lowest BCUT2D eigenvalue weighted by atomic mass is 9.93. The van der Waals surface area contributed by atoms with Crippen LogP contribution >= 0.6 is 0 Å². The van der Waals surface area contributed by atoms with Crippen molar-refractivity contribution < 1.29 is 22.5 Å². The maximum Gasteiger partial charge on any atom is 0.410 e. The number of hydrogen-bond donors (Lipinski definition) is 1. The molecular formula is C20H26F3N5O2. The summed E-state index contributed by atoms with van der Waals surface area (Å²) in [6.07, 6.45) is -2.90. The van der Waals surface area contributed by atoms with Crippen molar-refractivity contribution in [3.8, 4) is 0 Å². The van der Waals surface area contributed by atoms with E-state index >= 15 is 0 Å². The van der Waals surface area contributed by atoms with Crippen LogP contribution in [-0.2, 0) is 0 Å². The molecule has 0 bridgehead atoms. The summed E-state index contributed by atoms with van der Waals surface area (Å²) >= 11 is 0. The first kappa shape index (κ1) is 20.7. The summed E-state index contributed by atoms with van der Waals surface area (Å²) in [5.74, 6) is 0.256. The molecule has 2 aromatic heterocycles. The van der Waals surface area contributed by atoms with Crippen molar-refractivity contribution in [2.24, 2.45) is 5.92 Å². The minimum Gasteiger partial charge on any atom is -0.367 e. The molecular weight excluding hydrogens is 399 g/mol. The van der Waals surface area contributed by atoms with Crippen LogP contribution in [0.4, 0.5) is 19.0 Å². The fourth-order valence-corrected chi connectivity index (χ4v) is 4.28. The van der Waals surface area contributed by atoms with Gasteiger partial charge in [-0.15, -0.1) is 0 Å². The van der Waals surface area contributed by atoms with Crippen LogP contribution in [0.1, 0.15) is 67.0 Å². The standard InChI is InChI=1S/C20H26F3N5O2/c1-11(2)14-8-17(20(21,22)23)28-18(24-14)9-15(25-28)13-5-4-6-27(10-13)19(29)16-7-12(3)26-30-16/h7,9,11,13-14,17,24H,4-6,8,10H2,1-3H3/t13-,14+,17+/m0/s1. The average molecular weight is 425 g/mol. The first-order valence-corrected chi connectivity index (χ1v) is 10.3. The van der Waals surface area contributed by atoms with E-state index in [-0.39, 0.29) is 36.0 Å². The Labute approximate surface area is 172 Å². The van der Waals surface area contributed by atoms with E-state index in [0.717, 1.165) is 17.5 Å². The maximum absolute atomic E-state index is 13.7. The SMILES string of the molecule is Cc1cc(C(=O)N2CCC[C@H](c3cc4n(n3)[C@@H](C(F)(F)F)C[C@H](C(C)C)N4)C2)on1. The number of fused-ring (bicyclic) bond motifs is 1. The Morgan fingerprint density at radius 3 is 2.73 bits per heavy atom. The van der Waals surface area contributed by atoms with Crippen molar-refractivity contribution >= 4 is 11.7 Å². The van der Waals surface area contributed by atoms with Gasteiger partial charge in [0.15, 0.2) is 6.04 Å². The third-order valence-corrected chi connectivity index (χ3v) is 6.01. The van der Waals surface area contributed by atoms with E-state index in [2.05, 4.69) is 15.6 Å².